The van der Waals surface area contributed by atoms with Crippen LogP contribution in [0.2, 0.25) is 5.15 Å². The molecule has 1 atom stereocenters. The minimum atomic E-state index is -0.738. The molecule has 0 radical (unpaired) electrons. The van der Waals surface area contributed by atoms with E-state index in [0.717, 1.165) is 5.56 Å². The van der Waals surface area contributed by atoms with Gasteiger partial charge in [-0.2, -0.15) is 0 Å². The zero-order chi connectivity index (χ0) is 12.3. The summed E-state index contributed by atoms with van der Waals surface area (Å²) < 4.78 is 0. The Labute approximate surface area is 101 Å². The molecule has 0 bridgehead atoms. The van der Waals surface area contributed by atoms with Crippen LogP contribution in [-0.4, -0.2) is 27.2 Å². The molecule has 0 amide bonds. The van der Waals surface area contributed by atoms with Crippen LogP contribution in [0.5, 0.6) is 0 Å². The molecule has 16 heavy (non-hydrogen) atoms. The number of hydrogen-bond acceptors (Lipinski definition) is 4. The van der Waals surface area contributed by atoms with Crippen LogP contribution >= 0.6 is 11.6 Å². The van der Waals surface area contributed by atoms with Crippen LogP contribution in [0.15, 0.2) is 0 Å². The molecule has 1 aromatic rings. The Kier molecular flexibility index (Phi) is 4.10. The Bertz CT molecular complexity index is 380. The van der Waals surface area contributed by atoms with Crippen LogP contribution in [0.3, 0.4) is 0 Å². The second-order valence-corrected chi connectivity index (χ2v) is 4.60. The van der Waals surface area contributed by atoms with Crippen molar-refractivity contribution in [3.8, 4) is 0 Å². The first-order chi connectivity index (χ1) is 7.35. The van der Waals surface area contributed by atoms with Crippen LogP contribution < -0.4 is 5.32 Å². The third-order valence-corrected chi connectivity index (χ3v) is 2.96. The van der Waals surface area contributed by atoms with Gasteiger partial charge in [-0.15, -0.1) is 0 Å². The molecule has 5 heteroatoms. The molecule has 1 aromatic heterocycles. The molecule has 1 unspecified atom stereocenters. The molecule has 0 saturated heterocycles. The standard InChI is InChI=1S/C11H18ClN3O/c1-5-11(4,16)6-13-10-7(2)9(12)14-8(3)15-10/h16H,5-6H2,1-4H3,(H,13,14,15). The fourth-order valence-corrected chi connectivity index (χ4v) is 1.38. The van der Waals surface area contributed by atoms with E-state index in [-0.39, 0.29) is 0 Å². The Hall–Kier alpha value is -0.870. The van der Waals surface area contributed by atoms with Gasteiger partial charge in [0.1, 0.15) is 16.8 Å². The molecular formula is C11H18ClN3O. The first kappa shape index (κ1) is 13.2. The topological polar surface area (TPSA) is 58.0 Å². The van der Waals surface area contributed by atoms with E-state index in [4.69, 9.17) is 11.6 Å². The number of hydrogen-bond donors (Lipinski definition) is 2. The minimum Gasteiger partial charge on any atom is -0.388 e. The summed E-state index contributed by atoms with van der Waals surface area (Å²) in [7, 11) is 0. The van der Waals surface area contributed by atoms with Crippen LogP contribution in [0.4, 0.5) is 5.82 Å². The predicted molar refractivity (Wildman–Crippen MR) is 65.9 cm³/mol. The molecular weight excluding hydrogens is 226 g/mol. The second-order valence-electron chi connectivity index (χ2n) is 4.24. The summed E-state index contributed by atoms with van der Waals surface area (Å²) in [5.41, 5.74) is 0.0665. The molecule has 1 heterocycles. The molecule has 4 nitrogen and oxygen atoms in total. The summed E-state index contributed by atoms with van der Waals surface area (Å²) in [5.74, 6) is 1.31. The monoisotopic (exact) mass is 243 g/mol. The molecule has 0 aliphatic carbocycles. The minimum absolute atomic E-state index is 0.442. The fraction of sp³-hybridized carbons (Fsp3) is 0.636. The quantitative estimate of drug-likeness (QED) is 0.797. The highest BCUT2D eigenvalue weighted by Gasteiger charge is 2.18. The van der Waals surface area contributed by atoms with Crippen molar-refractivity contribution in [3.63, 3.8) is 0 Å². The van der Waals surface area contributed by atoms with Crippen LogP contribution in [0.25, 0.3) is 0 Å². The van der Waals surface area contributed by atoms with Crippen molar-refractivity contribution in [1.29, 1.82) is 0 Å². The lowest BCUT2D eigenvalue weighted by atomic mass is 10.0. The maximum Gasteiger partial charge on any atom is 0.137 e. The van der Waals surface area contributed by atoms with Gasteiger partial charge < -0.3 is 10.4 Å². The molecule has 0 spiro atoms. The third kappa shape index (κ3) is 3.32. The average Bonchev–Trinajstić information content (AvgIpc) is 2.21. The predicted octanol–water partition coefficient (Wildman–Crippen LogP) is 2.32. The van der Waals surface area contributed by atoms with Crippen molar-refractivity contribution in [2.24, 2.45) is 0 Å². The second kappa shape index (κ2) is 4.97. The van der Waals surface area contributed by atoms with E-state index in [1.54, 1.807) is 13.8 Å². The van der Waals surface area contributed by atoms with Gasteiger partial charge in [-0.05, 0) is 27.2 Å². The Balaban J connectivity index is 2.82. The van der Waals surface area contributed by atoms with E-state index < -0.39 is 5.60 Å². The van der Waals surface area contributed by atoms with E-state index in [1.165, 1.54) is 0 Å². The molecule has 1 rings (SSSR count). The Morgan fingerprint density at radius 2 is 2.00 bits per heavy atom. The number of rotatable bonds is 4. The van der Waals surface area contributed by atoms with Gasteiger partial charge in [-0.3, -0.25) is 0 Å². The van der Waals surface area contributed by atoms with Gasteiger partial charge in [0.15, 0.2) is 0 Å². The lowest BCUT2D eigenvalue weighted by Gasteiger charge is -2.22. The summed E-state index contributed by atoms with van der Waals surface area (Å²) in [6, 6.07) is 0. The van der Waals surface area contributed by atoms with Gasteiger partial charge in [-0.25, -0.2) is 9.97 Å². The number of aromatic nitrogens is 2. The van der Waals surface area contributed by atoms with Gasteiger partial charge in [-0.1, -0.05) is 18.5 Å². The molecule has 0 aliphatic rings. The number of aliphatic hydroxyl groups is 1. The van der Waals surface area contributed by atoms with Gasteiger partial charge in [0.05, 0.1) is 5.60 Å². The lowest BCUT2D eigenvalue weighted by molar-refractivity contribution is 0.0696. The molecule has 2 N–H and O–H groups in total. The molecule has 90 valence electrons. The van der Waals surface area contributed by atoms with E-state index in [2.05, 4.69) is 15.3 Å². The maximum atomic E-state index is 9.88. The zero-order valence-corrected chi connectivity index (χ0v) is 10.9. The van der Waals surface area contributed by atoms with Crippen molar-refractivity contribution in [2.45, 2.75) is 39.7 Å². The summed E-state index contributed by atoms with van der Waals surface area (Å²) in [6.07, 6.45) is 0.677. The fourth-order valence-electron chi connectivity index (χ4n) is 1.17. The van der Waals surface area contributed by atoms with Crippen molar-refractivity contribution in [2.75, 3.05) is 11.9 Å². The SMILES string of the molecule is CCC(C)(O)CNc1nc(C)nc(Cl)c1C. The number of nitrogens with zero attached hydrogens (tertiary/aromatic N) is 2. The van der Waals surface area contributed by atoms with Crippen molar-refractivity contribution in [1.82, 2.24) is 9.97 Å². The number of anilines is 1. The Morgan fingerprint density at radius 1 is 1.38 bits per heavy atom. The Morgan fingerprint density at radius 3 is 2.56 bits per heavy atom. The highest BCUT2D eigenvalue weighted by molar-refractivity contribution is 6.30. The van der Waals surface area contributed by atoms with Crippen molar-refractivity contribution in [3.05, 3.63) is 16.5 Å². The van der Waals surface area contributed by atoms with Crippen molar-refractivity contribution < 1.29 is 5.11 Å². The third-order valence-electron chi connectivity index (χ3n) is 2.60. The molecule has 0 fully saturated rings. The van der Waals surface area contributed by atoms with E-state index in [0.29, 0.717) is 29.8 Å². The molecule has 0 aromatic carbocycles. The summed E-state index contributed by atoms with van der Waals surface area (Å²) in [6.45, 7) is 7.80. The summed E-state index contributed by atoms with van der Waals surface area (Å²) in [5, 5.41) is 13.4. The van der Waals surface area contributed by atoms with Gasteiger partial charge in [0, 0.05) is 12.1 Å². The number of halogens is 1. The summed E-state index contributed by atoms with van der Waals surface area (Å²) >= 11 is 5.95. The van der Waals surface area contributed by atoms with Crippen LogP contribution in [0, 0.1) is 13.8 Å². The zero-order valence-electron chi connectivity index (χ0n) is 10.1. The normalized spacial score (nSPS) is 14.6. The van der Waals surface area contributed by atoms with Crippen LogP contribution in [-0.2, 0) is 0 Å². The van der Waals surface area contributed by atoms with Gasteiger partial charge >= 0.3 is 0 Å². The molecule has 0 aliphatic heterocycles. The number of nitrogens with one attached hydrogen (secondary N) is 1. The smallest absolute Gasteiger partial charge is 0.137 e. The van der Waals surface area contributed by atoms with E-state index in [1.807, 2.05) is 13.8 Å². The summed E-state index contributed by atoms with van der Waals surface area (Å²) in [4.78, 5) is 8.30. The lowest BCUT2D eigenvalue weighted by Crippen LogP contribution is -2.33. The molecule has 0 saturated carbocycles. The maximum absolute atomic E-state index is 9.88. The van der Waals surface area contributed by atoms with Crippen molar-refractivity contribution >= 4 is 17.4 Å². The largest absolute Gasteiger partial charge is 0.388 e. The number of aryl methyl sites for hydroxylation is 1. The van der Waals surface area contributed by atoms with Gasteiger partial charge in [0.2, 0.25) is 0 Å². The highest BCUT2D eigenvalue weighted by atomic mass is 35.5. The van der Waals surface area contributed by atoms with Crippen LogP contribution in [0.1, 0.15) is 31.7 Å². The first-order valence-electron chi connectivity index (χ1n) is 5.32. The first-order valence-corrected chi connectivity index (χ1v) is 5.70. The average molecular weight is 244 g/mol. The van der Waals surface area contributed by atoms with E-state index in [9.17, 15) is 5.11 Å². The van der Waals surface area contributed by atoms with E-state index >= 15 is 0 Å². The van der Waals surface area contributed by atoms with Gasteiger partial charge in [0.25, 0.3) is 0 Å². The highest BCUT2D eigenvalue weighted by Crippen LogP contribution is 2.20.